The van der Waals surface area contributed by atoms with Crippen LogP contribution in [0.5, 0.6) is 0 Å². The minimum atomic E-state index is 0.272. The molecule has 1 saturated heterocycles. The van der Waals surface area contributed by atoms with Crippen molar-refractivity contribution in [1.29, 1.82) is 0 Å². The van der Waals surface area contributed by atoms with Crippen LogP contribution in [-0.4, -0.2) is 36.6 Å². The topological polar surface area (TPSA) is 65.7 Å². The lowest BCUT2D eigenvalue weighted by Crippen LogP contribution is -2.45. The van der Waals surface area contributed by atoms with Gasteiger partial charge in [-0.2, -0.15) is 0 Å². The van der Waals surface area contributed by atoms with Crippen molar-refractivity contribution in [3.8, 4) is 0 Å². The number of hydrogen-bond donors (Lipinski definition) is 2. The Morgan fingerprint density at radius 2 is 2.07 bits per heavy atom. The molecule has 2 N–H and O–H groups in total. The molecule has 1 aliphatic rings. The first-order chi connectivity index (χ1) is 14.8. The van der Waals surface area contributed by atoms with Gasteiger partial charge in [-0.1, -0.05) is 41.9 Å². The summed E-state index contributed by atoms with van der Waals surface area (Å²) < 4.78 is 5.43. The molecule has 0 saturated carbocycles. The SMILES string of the molecule is Clc1cccnc1N1CCC(NC(=NCc2ccccc2)NCCc2ccco2)C1. The summed E-state index contributed by atoms with van der Waals surface area (Å²) in [6.07, 6.45) is 5.29. The highest BCUT2D eigenvalue weighted by Crippen LogP contribution is 2.25. The lowest BCUT2D eigenvalue weighted by atomic mass is 10.2. The van der Waals surface area contributed by atoms with Gasteiger partial charge in [-0.15, -0.1) is 0 Å². The molecule has 0 bridgehead atoms. The van der Waals surface area contributed by atoms with Crippen LogP contribution in [-0.2, 0) is 13.0 Å². The summed E-state index contributed by atoms with van der Waals surface area (Å²) in [5, 5.41) is 7.71. The molecule has 1 aromatic carbocycles. The third kappa shape index (κ3) is 5.54. The van der Waals surface area contributed by atoms with E-state index >= 15 is 0 Å². The van der Waals surface area contributed by atoms with Crippen LogP contribution in [0.4, 0.5) is 5.82 Å². The minimum Gasteiger partial charge on any atom is -0.469 e. The van der Waals surface area contributed by atoms with E-state index in [4.69, 9.17) is 21.0 Å². The zero-order chi connectivity index (χ0) is 20.6. The van der Waals surface area contributed by atoms with Crippen molar-refractivity contribution in [2.24, 2.45) is 4.99 Å². The van der Waals surface area contributed by atoms with Gasteiger partial charge in [-0.25, -0.2) is 9.98 Å². The number of guanidine groups is 1. The third-order valence-electron chi connectivity index (χ3n) is 5.07. The molecule has 6 nitrogen and oxygen atoms in total. The van der Waals surface area contributed by atoms with E-state index in [1.54, 1.807) is 12.5 Å². The highest BCUT2D eigenvalue weighted by molar-refractivity contribution is 6.32. The van der Waals surface area contributed by atoms with Crippen molar-refractivity contribution in [3.63, 3.8) is 0 Å². The molecule has 0 radical (unpaired) electrons. The highest BCUT2D eigenvalue weighted by atomic mass is 35.5. The Morgan fingerprint density at radius 1 is 1.17 bits per heavy atom. The number of pyridine rings is 1. The summed E-state index contributed by atoms with van der Waals surface area (Å²) in [5.41, 5.74) is 1.18. The van der Waals surface area contributed by atoms with E-state index in [1.165, 1.54) is 5.56 Å². The van der Waals surface area contributed by atoms with Crippen molar-refractivity contribution in [3.05, 3.63) is 83.4 Å². The van der Waals surface area contributed by atoms with Gasteiger partial charge in [0.1, 0.15) is 11.6 Å². The largest absolute Gasteiger partial charge is 0.469 e. The molecule has 1 fully saturated rings. The standard InChI is InChI=1S/C23H26ClN5O/c24-21-9-4-12-25-22(21)29-14-11-19(17-29)28-23(26-13-10-20-8-5-15-30-20)27-16-18-6-2-1-3-7-18/h1-9,12,15,19H,10-11,13-14,16-17H2,(H2,26,27,28). The lowest BCUT2D eigenvalue weighted by Gasteiger charge is -2.20. The van der Waals surface area contributed by atoms with Crippen LogP contribution in [0.3, 0.4) is 0 Å². The second-order valence-corrected chi connectivity index (χ2v) is 7.70. The van der Waals surface area contributed by atoms with Gasteiger partial charge in [0, 0.05) is 38.3 Å². The molecule has 30 heavy (non-hydrogen) atoms. The zero-order valence-corrected chi connectivity index (χ0v) is 17.6. The molecule has 0 spiro atoms. The second-order valence-electron chi connectivity index (χ2n) is 7.29. The van der Waals surface area contributed by atoms with Crippen molar-refractivity contribution in [1.82, 2.24) is 15.6 Å². The smallest absolute Gasteiger partial charge is 0.191 e. The van der Waals surface area contributed by atoms with Gasteiger partial charge < -0.3 is 20.0 Å². The normalized spacial score (nSPS) is 16.6. The number of aromatic nitrogens is 1. The van der Waals surface area contributed by atoms with Crippen molar-refractivity contribution in [2.45, 2.75) is 25.4 Å². The molecule has 0 amide bonds. The van der Waals surface area contributed by atoms with E-state index in [2.05, 4.69) is 32.7 Å². The lowest BCUT2D eigenvalue weighted by molar-refractivity contribution is 0.506. The molecule has 1 unspecified atom stereocenters. The molecular weight excluding hydrogens is 398 g/mol. The fourth-order valence-electron chi connectivity index (χ4n) is 3.54. The summed E-state index contributed by atoms with van der Waals surface area (Å²) >= 11 is 6.32. The van der Waals surface area contributed by atoms with Crippen LogP contribution in [0.25, 0.3) is 0 Å². The molecule has 3 aromatic rings. The summed E-state index contributed by atoms with van der Waals surface area (Å²) in [6.45, 7) is 3.11. The fourth-order valence-corrected chi connectivity index (χ4v) is 3.78. The van der Waals surface area contributed by atoms with Gasteiger partial charge in [0.25, 0.3) is 0 Å². The van der Waals surface area contributed by atoms with Crippen molar-refractivity contribution in [2.75, 3.05) is 24.5 Å². The fraction of sp³-hybridized carbons (Fsp3) is 0.304. The van der Waals surface area contributed by atoms with Crippen LogP contribution in [0.1, 0.15) is 17.7 Å². The summed E-state index contributed by atoms with van der Waals surface area (Å²) in [4.78, 5) is 11.5. The molecule has 1 atom stereocenters. The zero-order valence-electron chi connectivity index (χ0n) is 16.8. The van der Waals surface area contributed by atoms with E-state index in [1.807, 2.05) is 42.5 Å². The average molecular weight is 424 g/mol. The Bertz CT molecular complexity index is 945. The van der Waals surface area contributed by atoms with Gasteiger partial charge in [0.15, 0.2) is 5.96 Å². The number of hydrogen-bond acceptors (Lipinski definition) is 4. The Hall–Kier alpha value is -2.99. The Labute approximate surface area is 182 Å². The summed E-state index contributed by atoms with van der Waals surface area (Å²) in [7, 11) is 0. The number of aliphatic imine (C=N–C) groups is 1. The van der Waals surface area contributed by atoms with Crippen molar-refractivity contribution >= 4 is 23.4 Å². The summed E-state index contributed by atoms with van der Waals surface area (Å²) in [6, 6.07) is 18.2. The second kappa shape index (κ2) is 10.2. The first-order valence-electron chi connectivity index (χ1n) is 10.2. The van der Waals surface area contributed by atoms with Gasteiger partial charge in [0.05, 0.1) is 17.8 Å². The molecule has 4 rings (SSSR count). The minimum absolute atomic E-state index is 0.272. The Morgan fingerprint density at radius 3 is 2.87 bits per heavy atom. The highest BCUT2D eigenvalue weighted by Gasteiger charge is 2.25. The van der Waals surface area contributed by atoms with E-state index in [0.29, 0.717) is 11.6 Å². The first kappa shape index (κ1) is 20.3. The van der Waals surface area contributed by atoms with Gasteiger partial charge >= 0.3 is 0 Å². The molecule has 0 aliphatic carbocycles. The monoisotopic (exact) mass is 423 g/mol. The number of rotatable bonds is 7. The number of benzene rings is 1. The first-order valence-corrected chi connectivity index (χ1v) is 10.6. The number of halogens is 1. The van der Waals surface area contributed by atoms with Crippen LogP contribution in [0.2, 0.25) is 5.02 Å². The number of furan rings is 1. The maximum atomic E-state index is 6.32. The Balaban J connectivity index is 1.38. The summed E-state index contributed by atoms with van der Waals surface area (Å²) in [5.74, 6) is 2.61. The molecule has 2 aromatic heterocycles. The van der Waals surface area contributed by atoms with Gasteiger partial charge in [-0.3, -0.25) is 0 Å². The average Bonchev–Trinajstić information content (AvgIpc) is 3.45. The van der Waals surface area contributed by atoms with E-state index < -0.39 is 0 Å². The van der Waals surface area contributed by atoms with E-state index in [0.717, 1.165) is 50.0 Å². The van der Waals surface area contributed by atoms with Gasteiger partial charge in [-0.05, 0) is 36.2 Å². The number of nitrogens with one attached hydrogen (secondary N) is 2. The van der Waals surface area contributed by atoms with Crippen LogP contribution >= 0.6 is 11.6 Å². The Kier molecular flexibility index (Phi) is 6.87. The van der Waals surface area contributed by atoms with Crippen LogP contribution < -0.4 is 15.5 Å². The molecule has 156 valence electrons. The molecule has 1 aliphatic heterocycles. The van der Waals surface area contributed by atoms with Crippen LogP contribution in [0.15, 0.2) is 76.5 Å². The quantitative estimate of drug-likeness (QED) is 0.446. The van der Waals surface area contributed by atoms with Crippen LogP contribution in [0, 0.1) is 0 Å². The van der Waals surface area contributed by atoms with E-state index in [9.17, 15) is 0 Å². The molecule has 7 heteroatoms. The number of nitrogens with zero attached hydrogens (tertiary/aromatic N) is 3. The molecular formula is C23H26ClN5O. The van der Waals surface area contributed by atoms with E-state index in [-0.39, 0.29) is 6.04 Å². The van der Waals surface area contributed by atoms with Gasteiger partial charge in [0.2, 0.25) is 0 Å². The molecule has 3 heterocycles. The third-order valence-corrected chi connectivity index (χ3v) is 5.37. The number of anilines is 1. The predicted molar refractivity (Wildman–Crippen MR) is 121 cm³/mol. The van der Waals surface area contributed by atoms with Crippen molar-refractivity contribution < 1.29 is 4.42 Å². The maximum Gasteiger partial charge on any atom is 0.191 e. The maximum absolute atomic E-state index is 6.32. The predicted octanol–water partition coefficient (Wildman–Crippen LogP) is 3.88.